The summed E-state index contributed by atoms with van der Waals surface area (Å²) >= 11 is 1.73. The number of rotatable bonds is 12. The number of benzene rings is 1. The van der Waals surface area contributed by atoms with Crippen molar-refractivity contribution in [2.75, 3.05) is 46.5 Å². The van der Waals surface area contributed by atoms with Gasteiger partial charge in [0.15, 0.2) is 0 Å². The number of aliphatic hydroxyl groups is 1. The minimum absolute atomic E-state index is 0.0102. The summed E-state index contributed by atoms with van der Waals surface area (Å²) in [5.41, 5.74) is 0.820. The molecule has 2 aromatic rings. The van der Waals surface area contributed by atoms with Gasteiger partial charge in [-0.15, -0.1) is 17.9 Å². The molecule has 35 heavy (non-hydrogen) atoms. The Morgan fingerprint density at radius 3 is 2.66 bits per heavy atom. The molecule has 1 aliphatic heterocycles. The number of methoxy groups -OCH3 is 1. The molecule has 1 aromatic heterocycles. The van der Waals surface area contributed by atoms with Crippen LogP contribution in [-0.4, -0.2) is 79.0 Å². The van der Waals surface area contributed by atoms with Gasteiger partial charge < -0.3 is 24.2 Å². The van der Waals surface area contributed by atoms with E-state index in [9.17, 15) is 9.90 Å². The van der Waals surface area contributed by atoms with E-state index in [2.05, 4.69) is 18.0 Å². The summed E-state index contributed by atoms with van der Waals surface area (Å²) in [5.74, 6) is 1.51. The second-order valence-electron chi connectivity index (χ2n) is 9.70. The molecule has 3 rings (SSSR count). The van der Waals surface area contributed by atoms with Gasteiger partial charge in [0, 0.05) is 24.5 Å². The van der Waals surface area contributed by atoms with Gasteiger partial charge in [-0.3, -0.25) is 9.69 Å². The zero-order chi connectivity index (χ0) is 25.4. The molecule has 2 unspecified atom stereocenters. The molecular weight excluding hydrogens is 464 g/mol. The number of carbonyl (C=O) groups is 1. The topological polar surface area (TPSA) is 71.5 Å². The predicted molar refractivity (Wildman–Crippen MR) is 139 cm³/mol. The quantitative estimate of drug-likeness (QED) is 0.444. The van der Waals surface area contributed by atoms with Crippen LogP contribution in [0.2, 0.25) is 0 Å². The highest BCUT2D eigenvalue weighted by Gasteiger charge is 2.33. The molecule has 0 fully saturated rings. The fourth-order valence-corrected chi connectivity index (χ4v) is 5.02. The van der Waals surface area contributed by atoms with E-state index < -0.39 is 6.10 Å². The summed E-state index contributed by atoms with van der Waals surface area (Å²) in [5, 5.41) is 12.6. The van der Waals surface area contributed by atoms with E-state index in [0.717, 1.165) is 23.5 Å². The molecule has 0 radical (unpaired) electrons. The number of fused-ring (bicyclic) bond motifs is 1. The third-order valence-electron chi connectivity index (χ3n) is 5.81. The SMILES string of the molecule is C=CCN(CC(=O)N1CCc2sccc2C1COc1ccc(OC)cc1)CC(O)COC(C)(C)C. The highest BCUT2D eigenvalue weighted by atomic mass is 32.1. The van der Waals surface area contributed by atoms with Crippen molar-refractivity contribution in [2.24, 2.45) is 0 Å². The number of hydrogen-bond donors (Lipinski definition) is 1. The van der Waals surface area contributed by atoms with Crippen LogP contribution in [0.5, 0.6) is 11.5 Å². The van der Waals surface area contributed by atoms with Crippen molar-refractivity contribution in [3.63, 3.8) is 0 Å². The van der Waals surface area contributed by atoms with E-state index in [1.54, 1.807) is 24.5 Å². The molecule has 2 heterocycles. The third kappa shape index (κ3) is 8.07. The van der Waals surface area contributed by atoms with E-state index in [1.165, 1.54) is 4.88 Å². The highest BCUT2D eigenvalue weighted by Crippen LogP contribution is 2.34. The van der Waals surface area contributed by atoms with Gasteiger partial charge in [0.1, 0.15) is 18.1 Å². The Morgan fingerprint density at radius 1 is 1.29 bits per heavy atom. The van der Waals surface area contributed by atoms with Crippen molar-refractivity contribution >= 4 is 17.2 Å². The number of hydrogen-bond acceptors (Lipinski definition) is 7. The average molecular weight is 503 g/mol. The average Bonchev–Trinajstić information content (AvgIpc) is 3.30. The predicted octanol–water partition coefficient (Wildman–Crippen LogP) is 3.93. The monoisotopic (exact) mass is 502 g/mol. The Morgan fingerprint density at radius 2 is 2.00 bits per heavy atom. The second-order valence-corrected chi connectivity index (χ2v) is 10.7. The van der Waals surface area contributed by atoms with Gasteiger partial charge in [0.2, 0.25) is 5.91 Å². The molecule has 192 valence electrons. The number of ether oxygens (including phenoxy) is 3. The zero-order valence-electron chi connectivity index (χ0n) is 21.2. The first kappa shape index (κ1) is 27.2. The zero-order valence-corrected chi connectivity index (χ0v) is 22.1. The normalized spacial score (nSPS) is 16.6. The Bertz CT molecular complexity index is 953. The molecule has 1 N–H and O–H groups in total. The Kier molecular flexibility index (Phi) is 9.74. The molecule has 8 heteroatoms. The fourth-order valence-electron chi connectivity index (χ4n) is 4.09. The number of carbonyl (C=O) groups excluding carboxylic acids is 1. The van der Waals surface area contributed by atoms with E-state index in [0.29, 0.717) is 26.2 Å². The van der Waals surface area contributed by atoms with Gasteiger partial charge >= 0.3 is 0 Å². The van der Waals surface area contributed by atoms with Crippen LogP contribution < -0.4 is 9.47 Å². The van der Waals surface area contributed by atoms with Crippen molar-refractivity contribution < 1.29 is 24.1 Å². The largest absolute Gasteiger partial charge is 0.497 e. The second kappa shape index (κ2) is 12.5. The minimum Gasteiger partial charge on any atom is -0.497 e. The summed E-state index contributed by atoms with van der Waals surface area (Å²) in [7, 11) is 1.63. The lowest BCUT2D eigenvalue weighted by Crippen LogP contribution is -2.48. The first-order valence-corrected chi connectivity index (χ1v) is 12.9. The highest BCUT2D eigenvalue weighted by molar-refractivity contribution is 7.10. The molecule has 2 atom stereocenters. The molecule has 1 amide bonds. The van der Waals surface area contributed by atoms with Crippen LogP contribution in [0.25, 0.3) is 0 Å². The van der Waals surface area contributed by atoms with Gasteiger partial charge in [0.25, 0.3) is 0 Å². The van der Waals surface area contributed by atoms with Gasteiger partial charge in [-0.25, -0.2) is 0 Å². The Labute approximate surface area is 212 Å². The van der Waals surface area contributed by atoms with Gasteiger partial charge in [0.05, 0.1) is 38.0 Å². The van der Waals surface area contributed by atoms with Gasteiger partial charge in [-0.05, 0) is 68.5 Å². The van der Waals surface area contributed by atoms with Crippen LogP contribution in [-0.2, 0) is 16.0 Å². The van der Waals surface area contributed by atoms with Crippen molar-refractivity contribution in [2.45, 2.75) is 44.9 Å². The molecule has 0 spiro atoms. The van der Waals surface area contributed by atoms with E-state index in [4.69, 9.17) is 14.2 Å². The summed E-state index contributed by atoms with van der Waals surface area (Å²) in [6, 6.07) is 9.38. The van der Waals surface area contributed by atoms with E-state index in [-0.39, 0.29) is 30.7 Å². The van der Waals surface area contributed by atoms with E-state index >= 15 is 0 Å². The van der Waals surface area contributed by atoms with Crippen LogP contribution >= 0.6 is 11.3 Å². The van der Waals surface area contributed by atoms with Crippen LogP contribution in [0, 0.1) is 0 Å². The Hall–Kier alpha value is -2.39. The molecule has 0 saturated carbocycles. The number of amides is 1. The number of thiophene rings is 1. The van der Waals surface area contributed by atoms with Crippen LogP contribution in [0.4, 0.5) is 0 Å². The lowest BCUT2D eigenvalue weighted by atomic mass is 10.0. The standard InChI is InChI=1S/C27H38N2O5S/c1-6-13-28(16-20(30)18-34-27(2,3)4)17-26(31)29-14-11-25-23(12-15-35-25)24(29)19-33-22-9-7-21(32-5)8-10-22/h6-10,12,15,20,24,30H,1,11,13-14,16-19H2,2-5H3. The first-order chi connectivity index (χ1) is 16.7. The molecule has 1 aromatic carbocycles. The molecular formula is C27H38N2O5S. The molecule has 1 aliphatic rings. The molecule has 0 aliphatic carbocycles. The smallest absolute Gasteiger partial charge is 0.237 e. The summed E-state index contributed by atoms with van der Waals surface area (Å²) < 4.78 is 17.0. The summed E-state index contributed by atoms with van der Waals surface area (Å²) in [6.45, 7) is 11.9. The lowest BCUT2D eigenvalue weighted by molar-refractivity contribution is -0.136. The van der Waals surface area contributed by atoms with Crippen LogP contribution in [0.3, 0.4) is 0 Å². The third-order valence-corrected chi connectivity index (χ3v) is 6.80. The lowest BCUT2D eigenvalue weighted by Gasteiger charge is -2.37. The van der Waals surface area contributed by atoms with E-state index in [1.807, 2.05) is 54.8 Å². The number of aliphatic hydroxyl groups excluding tert-OH is 1. The summed E-state index contributed by atoms with van der Waals surface area (Å²) in [6.07, 6.45) is 1.89. The summed E-state index contributed by atoms with van der Waals surface area (Å²) in [4.78, 5) is 18.6. The molecule has 0 saturated heterocycles. The Balaban J connectivity index is 1.67. The fraction of sp³-hybridized carbons (Fsp3) is 0.519. The van der Waals surface area contributed by atoms with Crippen molar-refractivity contribution in [3.05, 3.63) is 58.8 Å². The van der Waals surface area contributed by atoms with Crippen molar-refractivity contribution in [3.8, 4) is 11.5 Å². The number of nitrogens with zero attached hydrogens (tertiary/aromatic N) is 2. The maximum atomic E-state index is 13.5. The van der Waals surface area contributed by atoms with Crippen molar-refractivity contribution in [1.29, 1.82) is 0 Å². The maximum Gasteiger partial charge on any atom is 0.237 e. The minimum atomic E-state index is -0.694. The van der Waals surface area contributed by atoms with Gasteiger partial charge in [-0.1, -0.05) is 6.08 Å². The van der Waals surface area contributed by atoms with Gasteiger partial charge in [-0.2, -0.15) is 0 Å². The molecule has 7 nitrogen and oxygen atoms in total. The molecule has 0 bridgehead atoms. The van der Waals surface area contributed by atoms with Crippen LogP contribution in [0.15, 0.2) is 48.4 Å². The van der Waals surface area contributed by atoms with Crippen molar-refractivity contribution in [1.82, 2.24) is 9.80 Å². The maximum absolute atomic E-state index is 13.5. The first-order valence-electron chi connectivity index (χ1n) is 12.0. The van der Waals surface area contributed by atoms with Crippen LogP contribution in [0.1, 0.15) is 37.3 Å².